The SMILES string of the molecule is CC(CC=C(C[Si](C)(C)C)C[Si](C)(C)C)N=C(Cl)C(=O)C(C)(C)C. The lowest BCUT2D eigenvalue weighted by Crippen LogP contribution is -2.26. The third kappa shape index (κ3) is 11.4. The van der Waals surface area contributed by atoms with E-state index in [9.17, 15) is 4.79 Å². The van der Waals surface area contributed by atoms with E-state index in [0.717, 1.165) is 6.42 Å². The van der Waals surface area contributed by atoms with E-state index in [1.807, 2.05) is 27.7 Å². The van der Waals surface area contributed by atoms with Gasteiger partial charge in [0.1, 0.15) is 0 Å². The molecule has 2 nitrogen and oxygen atoms in total. The van der Waals surface area contributed by atoms with Crippen LogP contribution in [0.2, 0.25) is 51.4 Å². The fourth-order valence-corrected chi connectivity index (χ4v) is 6.48. The van der Waals surface area contributed by atoms with Crippen molar-refractivity contribution in [3.8, 4) is 0 Å². The van der Waals surface area contributed by atoms with Gasteiger partial charge in [-0.05, 0) is 25.4 Å². The number of allylic oxidation sites excluding steroid dienone is 1. The van der Waals surface area contributed by atoms with Gasteiger partial charge in [-0.25, -0.2) is 0 Å². The van der Waals surface area contributed by atoms with E-state index < -0.39 is 21.6 Å². The summed E-state index contributed by atoms with van der Waals surface area (Å²) in [4.78, 5) is 16.6. The smallest absolute Gasteiger partial charge is 0.197 e. The number of carbonyl (C=O) groups excluding carboxylic acids is 1. The number of hydrogen-bond donors (Lipinski definition) is 0. The first-order chi connectivity index (χ1) is 10.5. The summed E-state index contributed by atoms with van der Waals surface area (Å²) in [5, 5.41) is 0.139. The average molecular weight is 388 g/mol. The van der Waals surface area contributed by atoms with Crippen LogP contribution in [0.3, 0.4) is 0 Å². The zero-order chi connectivity index (χ0) is 19.3. The van der Waals surface area contributed by atoms with E-state index >= 15 is 0 Å². The number of halogens is 1. The van der Waals surface area contributed by atoms with Crippen LogP contribution in [-0.2, 0) is 4.79 Å². The number of aliphatic imine (C=N–C) groups is 1. The normalized spacial score (nSPS) is 15.2. The van der Waals surface area contributed by atoms with Crippen LogP contribution < -0.4 is 0 Å². The fraction of sp³-hybridized carbons (Fsp3) is 0.789. The minimum absolute atomic E-state index is 0.0436. The van der Waals surface area contributed by atoms with Gasteiger partial charge in [-0.1, -0.05) is 83.3 Å². The van der Waals surface area contributed by atoms with Crippen molar-refractivity contribution < 1.29 is 4.79 Å². The van der Waals surface area contributed by atoms with Crippen molar-refractivity contribution in [3.63, 3.8) is 0 Å². The Morgan fingerprint density at radius 2 is 1.46 bits per heavy atom. The van der Waals surface area contributed by atoms with E-state index in [2.05, 4.69) is 50.4 Å². The molecule has 140 valence electrons. The van der Waals surface area contributed by atoms with Gasteiger partial charge in [0.15, 0.2) is 11.0 Å². The van der Waals surface area contributed by atoms with Gasteiger partial charge < -0.3 is 0 Å². The van der Waals surface area contributed by atoms with Crippen LogP contribution in [0.1, 0.15) is 34.1 Å². The lowest BCUT2D eigenvalue weighted by atomic mass is 9.91. The second-order valence-electron chi connectivity index (χ2n) is 10.4. The molecule has 1 unspecified atom stereocenters. The summed E-state index contributed by atoms with van der Waals surface area (Å²) in [5.74, 6) is -0.0792. The highest BCUT2D eigenvalue weighted by molar-refractivity contribution is 6.83. The van der Waals surface area contributed by atoms with Gasteiger partial charge in [0.05, 0.1) is 6.04 Å². The quantitative estimate of drug-likeness (QED) is 0.261. The fourth-order valence-electron chi connectivity index (χ4n) is 2.52. The topological polar surface area (TPSA) is 29.4 Å². The molecule has 0 aromatic carbocycles. The lowest BCUT2D eigenvalue weighted by Gasteiger charge is -2.24. The first-order valence-electron chi connectivity index (χ1n) is 8.97. The zero-order valence-corrected chi connectivity index (χ0v) is 20.3. The molecule has 0 heterocycles. The van der Waals surface area contributed by atoms with E-state index in [4.69, 9.17) is 11.6 Å². The predicted molar refractivity (Wildman–Crippen MR) is 116 cm³/mol. The molecule has 0 aliphatic heterocycles. The maximum Gasteiger partial charge on any atom is 0.197 e. The van der Waals surface area contributed by atoms with E-state index in [1.54, 1.807) is 5.57 Å². The van der Waals surface area contributed by atoms with Crippen molar-refractivity contribution in [3.05, 3.63) is 11.6 Å². The van der Waals surface area contributed by atoms with Crippen LogP contribution in [0.5, 0.6) is 0 Å². The van der Waals surface area contributed by atoms with Crippen molar-refractivity contribution in [1.29, 1.82) is 0 Å². The van der Waals surface area contributed by atoms with Crippen LogP contribution in [0.4, 0.5) is 0 Å². The lowest BCUT2D eigenvalue weighted by molar-refractivity contribution is -0.119. The second-order valence-corrected chi connectivity index (χ2v) is 21.7. The molecule has 0 N–H and O–H groups in total. The summed E-state index contributed by atoms with van der Waals surface area (Å²) in [5.41, 5.74) is 1.12. The van der Waals surface area contributed by atoms with Crippen LogP contribution >= 0.6 is 11.6 Å². The summed E-state index contributed by atoms with van der Waals surface area (Å²) < 4.78 is 0. The van der Waals surface area contributed by atoms with Crippen molar-refractivity contribution in [2.45, 2.75) is 91.5 Å². The van der Waals surface area contributed by atoms with Gasteiger partial charge in [0, 0.05) is 21.6 Å². The van der Waals surface area contributed by atoms with Crippen LogP contribution in [-0.4, -0.2) is 33.1 Å². The highest BCUT2D eigenvalue weighted by atomic mass is 35.5. The highest BCUT2D eigenvalue weighted by Gasteiger charge is 2.25. The Balaban J connectivity index is 5.09. The van der Waals surface area contributed by atoms with Gasteiger partial charge in [-0.2, -0.15) is 0 Å². The number of rotatable bonds is 8. The number of nitrogens with zero attached hydrogens (tertiary/aromatic N) is 1. The minimum atomic E-state index is -1.13. The number of ketones is 1. The molecule has 0 rings (SSSR count). The minimum Gasteiger partial charge on any atom is -0.291 e. The van der Waals surface area contributed by atoms with Gasteiger partial charge in [0.25, 0.3) is 0 Å². The molecule has 0 aliphatic rings. The van der Waals surface area contributed by atoms with Gasteiger partial charge in [-0.3, -0.25) is 9.79 Å². The van der Waals surface area contributed by atoms with Crippen molar-refractivity contribution in [2.24, 2.45) is 10.4 Å². The third-order valence-corrected chi connectivity index (χ3v) is 6.76. The summed E-state index contributed by atoms with van der Waals surface area (Å²) >= 11 is 6.13. The van der Waals surface area contributed by atoms with E-state index in [0.29, 0.717) is 0 Å². The maximum atomic E-state index is 12.1. The summed E-state index contributed by atoms with van der Waals surface area (Å²) in [7, 11) is -2.26. The van der Waals surface area contributed by atoms with Gasteiger partial charge in [0.2, 0.25) is 0 Å². The molecule has 0 aliphatic carbocycles. The largest absolute Gasteiger partial charge is 0.291 e. The Kier molecular flexibility index (Phi) is 8.88. The van der Waals surface area contributed by atoms with Crippen molar-refractivity contribution in [2.75, 3.05) is 0 Å². The predicted octanol–water partition coefficient (Wildman–Crippen LogP) is 6.62. The zero-order valence-electron chi connectivity index (χ0n) is 17.5. The molecule has 0 radical (unpaired) electrons. The molecule has 0 fully saturated rings. The monoisotopic (exact) mass is 387 g/mol. The van der Waals surface area contributed by atoms with Gasteiger partial charge >= 0.3 is 0 Å². The Bertz CT molecular complexity index is 473. The number of Topliss-reactive ketones (excluding diaryl/α,β-unsaturated/α-hetero) is 1. The standard InChI is InChI=1S/C19H38ClNOSi2/c1-15(21-18(20)17(22)19(2,3)4)11-12-16(13-23(5,6)7)14-24(8,9)10/h12,15H,11,13-14H2,1-10H3. The molecule has 0 spiro atoms. The third-order valence-electron chi connectivity index (χ3n) is 3.46. The van der Waals surface area contributed by atoms with Crippen LogP contribution in [0.25, 0.3) is 0 Å². The molecule has 24 heavy (non-hydrogen) atoms. The molecule has 0 aromatic heterocycles. The molecule has 0 amide bonds. The molecule has 0 saturated heterocycles. The molecule has 0 bridgehead atoms. The van der Waals surface area contributed by atoms with Crippen molar-refractivity contribution >= 4 is 38.7 Å². The first kappa shape index (κ1) is 23.8. The first-order valence-corrected chi connectivity index (χ1v) is 16.8. The Hall–Kier alpha value is -0.196. The molecule has 1 atom stereocenters. The molecule has 0 saturated carbocycles. The molecule has 0 aromatic rings. The molecule has 5 heteroatoms. The van der Waals surface area contributed by atoms with E-state index in [-0.39, 0.29) is 17.0 Å². The number of hydrogen-bond acceptors (Lipinski definition) is 2. The summed E-state index contributed by atoms with van der Waals surface area (Å²) in [6.07, 6.45) is 3.23. The average Bonchev–Trinajstić information content (AvgIpc) is 2.30. The highest BCUT2D eigenvalue weighted by Crippen LogP contribution is 2.26. The van der Waals surface area contributed by atoms with Crippen LogP contribution in [0, 0.1) is 5.41 Å². The Morgan fingerprint density at radius 1 is 1.04 bits per heavy atom. The Morgan fingerprint density at radius 3 is 1.79 bits per heavy atom. The molecular weight excluding hydrogens is 350 g/mol. The van der Waals surface area contributed by atoms with Gasteiger partial charge in [-0.15, -0.1) is 0 Å². The number of carbonyl (C=O) groups is 1. The van der Waals surface area contributed by atoms with Crippen LogP contribution in [0.15, 0.2) is 16.6 Å². The summed E-state index contributed by atoms with van der Waals surface area (Å²) in [6.45, 7) is 22.2. The van der Waals surface area contributed by atoms with E-state index in [1.165, 1.54) is 12.1 Å². The van der Waals surface area contributed by atoms with Crippen molar-refractivity contribution in [1.82, 2.24) is 0 Å². The Labute approximate surface area is 157 Å². The summed E-state index contributed by atoms with van der Waals surface area (Å²) in [6, 6.07) is 2.55. The maximum absolute atomic E-state index is 12.1. The molecular formula is C19H38ClNOSi2. The second kappa shape index (κ2) is 8.95.